The molecule has 4 aliphatic rings. The molecular weight excluding hydrogens is 674 g/mol. The van der Waals surface area contributed by atoms with Crippen molar-refractivity contribution in [3.8, 4) is 5.75 Å². The summed E-state index contributed by atoms with van der Waals surface area (Å²) in [5.74, 6) is -2.24. The molecule has 2 aliphatic heterocycles. The maximum absolute atomic E-state index is 14.7. The van der Waals surface area contributed by atoms with Gasteiger partial charge in [0.15, 0.2) is 5.60 Å². The molecule has 2 aliphatic carbocycles. The van der Waals surface area contributed by atoms with Crippen molar-refractivity contribution in [2.45, 2.75) is 88.9 Å². The number of nitrogens with zero attached hydrogens (tertiary/aromatic N) is 2. The summed E-state index contributed by atoms with van der Waals surface area (Å²) in [5, 5.41) is 13.1. The number of hydrogen-bond acceptors (Lipinski definition) is 8. The number of halogens is 1. The quantitative estimate of drug-likeness (QED) is 0.282. The molecule has 2 heterocycles. The van der Waals surface area contributed by atoms with Gasteiger partial charge in [-0.15, -0.1) is 0 Å². The lowest BCUT2D eigenvalue weighted by Crippen LogP contribution is -2.59. The molecule has 12 nitrogen and oxygen atoms in total. The van der Waals surface area contributed by atoms with Crippen LogP contribution in [-0.2, 0) is 28.8 Å². The van der Waals surface area contributed by atoms with Crippen molar-refractivity contribution in [3.63, 3.8) is 0 Å². The van der Waals surface area contributed by atoms with E-state index in [1.165, 1.54) is 11.9 Å². The minimum atomic E-state index is -1.06. The summed E-state index contributed by atoms with van der Waals surface area (Å²) >= 11 is 6.26. The van der Waals surface area contributed by atoms with Gasteiger partial charge in [-0.3, -0.25) is 24.0 Å². The van der Waals surface area contributed by atoms with Crippen molar-refractivity contribution >= 4 is 46.7 Å². The zero-order valence-corrected chi connectivity index (χ0v) is 30.4. The molecule has 0 bridgehead atoms. The van der Waals surface area contributed by atoms with Gasteiger partial charge in [-0.25, -0.2) is 0 Å². The number of likely N-dealkylation sites (N-methyl/N-ethyl adjacent to an activating group) is 1. The van der Waals surface area contributed by atoms with E-state index in [1.807, 2.05) is 57.2 Å². The van der Waals surface area contributed by atoms with Gasteiger partial charge in [0, 0.05) is 36.4 Å². The number of carbonyl (C=O) groups excluding carboxylic acids is 5. The van der Waals surface area contributed by atoms with Gasteiger partial charge in [0.25, 0.3) is 5.91 Å². The van der Waals surface area contributed by atoms with E-state index in [-0.39, 0.29) is 36.6 Å². The van der Waals surface area contributed by atoms with Crippen molar-refractivity contribution < 1.29 is 33.5 Å². The van der Waals surface area contributed by atoms with E-state index in [4.69, 9.17) is 21.2 Å². The molecule has 1 spiro atoms. The molecular formula is C38H46ClN5O7. The van der Waals surface area contributed by atoms with Crippen LogP contribution in [0.4, 0.5) is 0 Å². The highest BCUT2D eigenvalue weighted by Gasteiger charge is 2.56. The highest BCUT2D eigenvalue weighted by molar-refractivity contribution is 6.38. The molecule has 3 N–H and O–H groups in total. The van der Waals surface area contributed by atoms with Gasteiger partial charge in [0.05, 0.1) is 25.4 Å². The third-order valence-corrected chi connectivity index (χ3v) is 10.6. The fraction of sp³-hybridized carbons (Fsp3) is 0.526. The number of nitrogens with one attached hydrogen (secondary N) is 3. The van der Waals surface area contributed by atoms with Crippen LogP contribution in [0.2, 0.25) is 5.02 Å². The van der Waals surface area contributed by atoms with Crippen molar-refractivity contribution in [3.05, 3.63) is 64.7 Å². The second-order valence-corrected chi connectivity index (χ2v) is 15.8. The maximum atomic E-state index is 14.7. The molecule has 13 heteroatoms. The van der Waals surface area contributed by atoms with Crippen LogP contribution in [-0.4, -0.2) is 84.5 Å². The summed E-state index contributed by atoms with van der Waals surface area (Å²) in [6.07, 6.45) is 3.17. The first-order valence-corrected chi connectivity index (χ1v) is 17.9. The normalized spacial score (nSPS) is 24.9. The summed E-state index contributed by atoms with van der Waals surface area (Å²) in [7, 11) is 2.97. The van der Waals surface area contributed by atoms with Crippen LogP contribution in [0.3, 0.4) is 0 Å². The number of ketones is 1. The first-order valence-electron chi connectivity index (χ1n) is 17.5. The highest BCUT2D eigenvalue weighted by Crippen LogP contribution is 2.50. The molecule has 272 valence electrons. The average molecular weight is 720 g/mol. The topological polar surface area (TPSA) is 156 Å². The molecule has 2 aromatic rings. The monoisotopic (exact) mass is 719 g/mol. The van der Waals surface area contributed by atoms with Crippen LogP contribution >= 0.6 is 11.6 Å². The SMILES string of the molecule is CNC(=O)C(=O)[C@H](CC1CC1)NC(=O)[C@@H]1C[C@]2(CC(c3cccc(Cl)c3)=NO2)CN1C(=O)[C@@H](NC(=O)[C@@H]1C[C@H]1c1ccccc1OC)C(C)(C)C. The number of oxime groups is 1. The van der Waals surface area contributed by atoms with Gasteiger partial charge in [-0.1, -0.05) is 80.7 Å². The molecule has 0 aromatic heterocycles. The molecule has 6 rings (SSSR count). The highest BCUT2D eigenvalue weighted by atomic mass is 35.5. The van der Waals surface area contributed by atoms with E-state index in [2.05, 4.69) is 21.1 Å². The Morgan fingerprint density at radius 2 is 1.80 bits per heavy atom. The van der Waals surface area contributed by atoms with Crippen molar-refractivity contribution in [2.75, 3.05) is 20.7 Å². The summed E-state index contributed by atoms with van der Waals surface area (Å²) in [6, 6.07) is 11.7. The summed E-state index contributed by atoms with van der Waals surface area (Å²) in [5.41, 5.74) is 0.562. The Bertz CT molecular complexity index is 1750. The van der Waals surface area contributed by atoms with E-state index >= 15 is 0 Å². The Balaban J connectivity index is 1.25. The summed E-state index contributed by atoms with van der Waals surface area (Å²) in [4.78, 5) is 75.6. The van der Waals surface area contributed by atoms with E-state index < -0.39 is 52.6 Å². The Hall–Kier alpha value is -4.45. The molecule has 2 aromatic carbocycles. The predicted molar refractivity (Wildman–Crippen MR) is 190 cm³/mol. The van der Waals surface area contributed by atoms with Crippen LogP contribution in [0.25, 0.3) is 0 Å². The van der Waals surface area contributed by atoms with Gasteiger partial charge < -0.3 is 30.4 Å². The van der Waals surface area contributed by atoms with Crippen LogP contribution < -0.4 is 20.7 Å². The second-order valence-electron chi connectivity index (χ2n) is 15.4. The van der Waals surface area contributed by atoms with Gasteiger partial charge in [0.2, 0.25) is 23.5 Å². The number of rotatable bonds is 12. The van der Waals surface area contributed by atoms with Crippen molar-refractivity contribution in [1.29, 1.82) is 0 Å². The Morgan fingerprint density at radius 3 is 2.47 bits per heavy atom. The first kappa shape index (κ1) is 36.3. The number of ether oxygens (including phenoxy) is 1. The number of Topliss-reactive ketones (excluding diaryl/α,β-unsaturated/α-hetero) is 1. The number of methoxy groups -OCH3 is 1. The van der Waals surface area contributed by atoms with E-state index in [9.17, 15) is 24.0 Å². The third-order valence-electron chi connectivity index (χ3n) is 10.4. The van der Waals surface area contributed by atoms with Crippen LogP contribution in [0, 0.1) is 17.3 Å². The predicted octanol–water partition coefficient (Wildman–Crippen LogP) is 3.75. The molecule has 2 saturated carbocycles. The number of carbonyl (C=O) groups is 5. The minimum absolute atomic E-state index is 0.0177. The van der Waals surface area contributed by atoms with Crippen LogP contribution in [0.1, 0.15) is 76.3 Å². The van der Waals surface area contributed by atoms with Gasteiger partial charge in [-0.2, -0.15) is 0 Å². The lowest BCUT2D eigenvalue weighted by Gasteiger charge is -2.35. The second kappa shape index (κ2) is 14.3. The Kier molecular flexibility index (Phi) is 10.2. The Labute approximate surface area is 303 Å². The van der Waals surface area contributed by atoms with E-state index in [0.29, 0.717) is 35.7 Å². The minimum Gasteiger partial charge on any atom is -0.496 e. The third kappa shape index (κ3) is 7.90. The standard InChI is InChI=1S/C38H46ClN5O7/c1-37(2,3)32(42-33(46)26-17-25(26)24-11-6-7-12-30(24)50-5)36(49)44-20-38(18-28(43-51-38)22-9-8-10-23(39)16-22)19-29(44)34(47)41-27(15-21-13-14-21)31(45)35(48)40-4/h6-12,16,21,25-27,29,32H,13-15,17-20H2,1-5H3,(H,40,48)(H,41,47)(H,42,46)/t25-,26+,27-,29-,32+,38+/m0/s1. The van der Waals surface area contributed by atoms with Crippen LogP contribution in [0.15, 0.2) is 53.7 Å². The average Bonchev–Trinajstić information content (AvgIpc) is 4.03. The zero-order chi connectivity index (χ0) is 36.7. The van der Waals surface area contributed by atoms with Gasteiger partial charge in [0.1, 0.15) is 17.8 Å². The molecule has 3 fully saturated rings. The number of likely N-dealkylation sites (tertiary alicyclic amines) is 1. The molecule has 0 radical (unpaired) electrons. The Morgan fingerprint density at radius 1 is 1.06 bits per heavy atom. The van der Waals surface area contributed by atoms with E-state index in [1.54, 1.807) is 19.2 Å². The molecule has 1 saturated heterocycles. The number of amides is 4. The largest absolute Gasteiger partial charge is 0.496 e. The molecule has 51 heavy (non-hydrogen) atoms. The smallest absolute Gasteiger partial charge is 0.289 e. The van der Waals surface area contributed by atoms with Gasteiger partial charge >= 0.3 is 0 Å². The summed E-state index contributed by atoms with van der Waals surface area (Å²) in [6.45, 7) is 5.61. The maximum Gasteiger partial charge on any atom is 0.289 e. The van der Waals surface area contributed by atoms with Crippen molar-refractivity contribution in [2.24, 2.45) is 22.4 Å². The fourth-order valence-electron chi connectivity index (χ4n) is 7.28. The number of hydrogen-bond donors (Lipinski definition) is 3. The van der Waals surface area contributed by atoms with Crippen molar-refractivity contribution in [1.82, 2.24) is 20.9 Å². The summed E-state index contributed by atoms with van der Waals surface area (Å²) < 4.78 is 5.52. The lowest BCUT2D eigenvalue weighted by molar-refractivity contribution is -0.145. The lowest BCUT2D eigenvalue weighted by atomic mass is 9.85. The molecule has 4 amide bonds. The number of benzene rings is 2. The fourth-order valence-corrected chi connectivity index (χ4v) is 7.48. The van der Waals surface area contributed by atoms with E-state index in [0.717, 1.165) is 24.0 Å². The van der Waals surface area contributed by atoms with Crippen LogP contribution in [0.5, 0.6) is 5.75 Å². The number of para-hydroxylation sites is 1. The zero-order valence-electron chi connectivity index (χ0n) is 29.7. The van der Waals surface area contributed by atoms with Gasteiger partial charge in [-0.05, 0) is 53.9 Å². The molecule has 6 atom stereocenters. The first-order chi connectivity index (χ1) is 24.2. The molecule has 0 unspecified atom stereocenters.